The van der Waals surface area contributed by atoms with Crippen LogP contribution in [0.2, 0.25) is 0 Å². The molecule has 1 unspecified atom stereocenters. The summed E-state index contributed by atoms with van der Waals surface area (Å²) in [6, 6.07) is 31.1. The van der Waals surface area contributed by atoms with Gasteiger partial charge in [-0.15, -0.1) is 0 Å². The molecule has 5 saturated carbocycles. The van der Waals surface area contributed by atoms with Crippen LogP contribution in [0.4, 0.5) is 0 Å². The fourth-order valence-corrected chi connectivity index (χ4v) is 18.0. The molecule has 0 amide bonds. The molecule has 52 heavy (non-hydrogen) atoms. The molecule has 3 aromatic rings. The molecule has 5 aliphatic rings. The van der Waals surface area contributed by atoms with Crippen LogP contribution >= 0.6 is 6.89 Å². The van der Waals surface area contributed by atoms with Crippen molar-refractivity contribution in [3.63, 3.8) is 0 Å². The third kappa shape index (κ3) is 5.04. The van der Waals surface area contributed by atoms with Gasteiger partial charge in [-0.3, -0.25) is 4.79 Å². The van der Waals surface area contributed by atoms with Crippen molar-refractivity contribution in [1.82, 2.24) is 0 Å². The molecule has 0 N–H and O–H groups in total. The number of Topliss-reactive ketones (excluding diaryl/α,β-unsaturated/α-hetero) is 1. The van der Waals surface area contributed by atoms with Crippen molar-refractivity contribution in [2.75, 3.05) is 0 Å². The van der Waals surface area contributed by atoms with Crippen LogP contribution in [-0.2, 0) is 14.3 Å². The van der Waals surface area contributed by atoms with Crippen LogP contribution < -0.4 is 15.9 Å². The zero-order chi connectivity index (χ0) is 36.5. The van der Waals surface area contributed by atoms with Crippen molar-refractivity contribution < 1.29 is 14.3 Å². The van der Waals surface area contributed by atoms with Crippen molar-refractivity contribution in [3.05, 3.63) is 102 Å². The molecule has 0 aromatic heterocycles. The van der Waals surface area contributed by atoms with Crippen molar-refractivity contribution >= 4 is 40.0 Å². The Labute approximate surface area is 311 Å². The maximum atomic E-state index is 14.9. The molecule has 4 nitrogen and oxygen atoms in total. The molecule has 0 aliphatic heterocycles. The van der Waals surface area contributed by atoms with Gasteiger partial charge >= 0.3 is 5.97 Å². The Bertz CT molecular complexity index is 1840. The number of rotatable bonds is 8. The van der Waals surface area contributed by atoms with Gasteiger partial charge in [0.1, 0.15) is 6.10 Å². The molecule has 5 aliphatic carbocycles. The first-order valence-corrected chi connectivity index (χ1v) is 21.8. The lowest BCUT2D eigenvalue weighted by atomic mass is 9.46. The third-order valence-corrected chi connectivity index (χ3v) is 20.1. The molecular formula is C47H56NO3P. The smallest absolute Gasteiger partial charge is 0.302 e. The van der Waals surface area contributed by atoms with Gasteiger partial charge in [-0.1, -0.05) is 119 Å². The summed E-state index contributed by atoms with van der Waals surface area (Å²) in [4.78, 5) is 31.2. The molecule has 8 rings (SSSR count). The van der Waals surface area contributed by atoms with E-state index in [-0.39, 0.29) is 34.6 Å². The second-order valence-corrected chi connectivity index (χ2v) is 21.5. The van der Waals surface area contributed by atoms with Crippen LogP contribution in [0.1, 0.15) is 98.8 Å². The fraction of sp³-hybridized carbons (Fsp3) is 0.532. The maximum Gasteiger partial charge on any atom is 0.302 e. The third-order valence-electron chi connectivity index (χ3n) is 15.9. The lowest BCUT2D eigenvalue weighted by molar-refractivity contribution is -0.173. The zero-order valence-electron chi connectivity index (χ0n) is 31.8. The van der Waals surface area contributed by atoms with Crippen molar-refractivity contribution in [2.24, 2.45) is 51.2 Å². The van der Waals surface area contributed by atoms with Crippen LogP contribution in [0.15, 0.2) is 91.0 Å². The number of hydrogen-bond acceptors (Lipinski definition) is 3. The summed E-state index contributed by atoms with van der Waals surface area (Å²) in [6.07, 6.45) is 11.6. The van der Waals surface area contributed by atoms with Gasteiger partial charge in [-0.05, 0) is 126 Å². The van der Waals surface area contributed by atoms with Gasteiger partial charge in [-0.2, -0.15) is 0 Å². The van der Waals surface area contributed by atoms with E-state index in [2.05, 4.69) is 68.9 Å². The van der Waals surface area contributed by atoms with Crippen molar-refractivity contribution in [3.8, 4) is 0 Å². The number of benzene rings is 3. The van der Waals surface area contributed by atoms with E-state index in [0.29, 0.717) is 40.4 Å². The van der Waals surface area contributed by atoms with Crippen molar-refractivity contribution in [1.29, 1.82) is 0 Å². The highest BCUT2D eigenvalue weighted by atomic mass is 31.2. The normalized spacial score (nSPS) is 34.7. The average molecular weight is 714 g/mol. The van der Waals surface area contributed by atoms with E-state index < -0.39 is 6.89 Å². The highest BCUT2D eigenvalue weighted by Crippen LogP contribution is 2.87. The van der Waals surface area contributed by atoms with E-state index in [1.54, 1.807) is 6.92 Å². The average Bonchev–Trinajstić information content (AvgIpc) is 3.68. The van der Waals surface area contributed by atoms with Gasteiger partial charge in [0.25, 0.3) is 0 Å². The number of esters is 1. The lowest BCUT2D eigenvalue weighted by Crippen LogP contribution is -2.55. The Hall–Kier alpha value is -3.41. The second-order valence-electron chi connectivity index (χ2n) is 18.2. The first-order valence-electron chi connectivity index (χ1n) is 20.0. The summed E-state index contributed by atoms with van der Waals surface area (Å²) in [5.74, 6) is 2.66. The predicted octanol–water partition coefficient (Wildman–Crippen LogP) is 9.61. The summed E-state index contributed by atoms with van der Waals surface area (Å²) in [5.41, 5.74) is 1.51. The topological polar surface area (TPSA) is 47.7 Å². The Kier molecular flexibility index (Phi) is 8.81. The Morgan fingerprint density at radius 2 is 1.33 bits per heavy atom. The molecule has 2 spiro atoms. The minimum Gasteiger partial charge on any atom is -0.462 e. The molecule has 9 atom stereocenters. The number of nitrogens with zero attached hydrogens (tertiary/aromatic N) is 1. The fourth-order valence-electron chi connectivity index (χ4n) is 13.9. The standard InChI is InChI=1S/C47H56NO3P/c1-32(30-40(50)43(48-6)52(34-16-10-7-11-17-34,35-18-12-8-13-19-35)36-20-14-9-15-21-36)37-22-23-38-39-24-25-41-44(3,4)42(51-33(2)49)26-27-47(41)31-46(39,47)29-28-45(37,38)5/h7-21,32,37-39,41-42H,22-31H2,1-5H3/t32-,37-,38+,39+,41+,42+,45-,46+,47?/m1/s1. The SMILES string of the molecule is [C-]#[N+]C(C(=O)C[C@@H](C)[C@H]1CC[C@H]2[C@@H]3CC[C@H]4C(C)(C)[C@@H](OC(C)=O)CCC45C[C@@]35CC[C@]12C)=P(c1ccccc1)(c1ccccc1)c1ccccc1. The van der Waals surface area contributed by atoms with Gasteiger partial charge < -0.3 is 9.53 Å². The minimum atomic E-state index is -2.73. The molecule has 0 saturated heterocycles. The van der Waals surface area contributed by atoms with E-state index in [9.17, 15) is 9.59 Å². The molecule has 5 heteroatoms. The largest absolute Gasteiger partial charge is 0.462 e. The summed E-state index contributed by atoms with van der Waals surface area (Å²) in [5, 5.41) is 3.18. The molecule has 5 fully saturated rings. The Morgan fingerprint density at radius 1 is 0.769 bits per heavy atom. The Balaban J connectivity index is 1.10. The summed E-state index contributed by atoms with van der Waals surface area (Å²) in [7, 11) is 0. The molecule has 0 bridgehead atoms. The molecule has 272 valence electrons. The van der Waals surface area contributed by atoms with E-state index in [0.717, 1.165) is 28.3 Å². The molecular weight excluding hydrogens is 657 g/mol. The molecule has 0 heterocycles. The van der Waals surface area contributed by atoms with E-state index in [4.69, 9.17) is 11.3 Å². The van der Waals surface area contributed by atoms with Gasteiger partial charge in [0.2, 0.25) is 5.42 Å². The Morgan fingerprint density at radius 3 is 1.87 bits per heavy atom. The number of carbonyl (C=O) groups excluding carboxylic acids is 2. The second kappa shape index (κ2) is 12.9. The first-order chi connectivity index (χ1) is 25.0. The van der Waals surface area contributed by atoms with Crippen molar-refractivity contribution in [2.45, 2.75) is 105 Å². The lowest BCUT2D eigenvalue weighted by Gasteiger charge is -2.59. The van der Waals surface area contributed by atoms with Crippen LogP contribution in [0.3, 0.4) is 0 Å². The number of hydrogen-bond donors (Lipinski definition) is 0. The van der Waals surface area contributed by atoms with Gasteiger partial charge in [0, 0.05) is 18.8 Å². The first kappa shape index (κ1) is 35.6. The zero-order valence-corrected chi connectivity index (χ0v) is 32.7. The highest BCUT2D eigenvalue weighted by Gasteiger charge is 2.80. The monoisotopic (exact) mass is 713 g/mol. The summed E-state index contributed by atoms with van der Waals surface area (Å²) >= 11 is 0. The number of carbonyl (C=O) groups is 2. The van der Waals surface area contributed by atoms with Gasteiger partial charge in [0.05, 0.1) is 6.57 Å². The van der Waals surface area contributed by atoms with Gasteiger partial charge in [0.15, 0.2) is 5.78 Å². The van der Waals surface area contributed by atoms with Crippen LogP contribution in [0.5, 0.6) is 0 Å². The summed E-state index contributed by atoms with van der Waals surface area (Å²) in [6.45, 7) is 17.2. The molecule has 3 aromatic carbocycles. The van der Waals surface area contributed by atoms with E-state index in [1.807, 2.05) is 54.6 Å². The number of fused-ring (bicyclic) bond motifs is 2. The predicted molar refractivity (Wildman–Crippen MR) is 213 cm³/mol. The maximum absolute atomic E-state index is 14.9. The minimum absolute atomic E-state index is 0.0143. The van der Waals surface area contributed by atoms with Gasteiger partial charge in [-0.25, -0.2) is 4.85 Å². The molecule has 0 radical (unpaired) electrons. The summed E-state index contributed by atoms with van der Waals surface area (Å²) < 4.78 is 5.95. The van der Waals surface area contributed by atoms with Crippen LogP contribution in [0.25, 0.3) is 4.85 Å². The van der Waals surface area contributed by atoms with Crippen LogP contribution in [0, 0.1) is 57.8 Å². The number of ether oxygens (including phenoxy) is 1. The van der Waals surface area contributed by atoms with Crippen LogP contribution in [-0.4, -0.2) is 23.3 Å². The highest BCUT2D eigenvalue weighted by molar-refractivity contribution is 7.96. The quantitative estimate of drug-likeness (QED) is 0.133. The van der Waals surface area contributed by atoms with E-state index >= 15 is 0 Å². The van der Waals surface area contributed by atoms with E-state index in [1.165, 1.54) is 51.4 Å². The number of ketones is 1.